The van der Waals surface area contributed by atoms with Gasteiger partial charge in [0.1, 0.15) is 0 Å². The molecule has 0 aliphatic heterocycles. The van der Waals surface area contributed by atoms with E-state index < -0.39 is 5.56 Å². The molecule has 0 amide bonds. The number of aromatic hydroxyl groups is 1. The first-order valence-electron chi connectivity index (χ1n) is 4.70. The minimum Gasteiger partial charge on any atom is -0.503 e. The summed E-state index contributed by atoms with van der Waals surface area (Å²) in [6, 6.07) is 11.4. The molecule has 0 saturated heterocycles. The van der Waals surface area contributed by atoms with Crippen molar-refractivity contribution in [2.24, 2.45) is 0 Å². The lowest BCUT2D eigenvalue weighted by Gasteiger charge is -2.01. The van der Waals surface area contributed by atoms with Crippen molar-refractivity contribution in [3.05, 3.63) is 64.1 Å². The van der Waals surface area contributed by atoms with Crippen molar-refractivity contribution in [2.45, 2.75) is 6.42 Å². The van der Waals surface area contributed by atoms with Gasteiger partial charge in [0.05, 0.1) is 0 Å². The van der Waals surface area contributed by atoms with Gasteiger partial charge in [0.15, 0.2) is 5.75 Å². The number of pyridine rings is 1. The van der Waals surface area contributed by atoms with Gasteiger partial charge in [0.2, 0.25) is 0 Å². The summed E-state index contributed by atoms with van der Waals surface area (Å²) < 4.78 is 0. The summed E-state index contributed by atoms with van der Waals surface area (Å²) in [5, 5.41) is 9.23. The lowest BCUT2D eigenvalue weighted by atomic mass is 10.1. The number of aromatic nitrogens is 1. The normalized spacial score (nSPS) is 10.1. The monoisotopic (exact) mass is 201 g/mol. The molecule has 1 aromatic heterocycles. The first-order chi connectivity index (χ1) is 7.25. The molecule has 0 bridgehead atoms. The summed E-state index contributed by atoms with van der Waals surface area (Å²) in [5.41, 5.74) is 1.58. The summed E-state index contributed by atoms with van der Waals surface area (Å²) in [6.07, 6.45) is 2.32. The number of hydrogen-bond acceptors (Lipinski definition) is 2. The van der Waals surface area contributed by atoms with Crippen molar-refractivity contribution < 1.29 is 5.11 Å². The van der Waals surface area contributed by atoms with Crippen molar-refractivity contribution in [3.8, 4) is 5.75 Å². The van der Waals surface area contributed by atoms with Gasteiger partial charge in [0, 0.05) is 6.20 Å². The Labute approximate surface area is 87.0 Å². The minimum atomic E-state index is -0.452. The third kappa shape index (κ3) is 2.26. The Kier molecular flexibility index (Phi) is 2.54. The number of H-pyrrole nitrogens is 1. The molecule has 0 saturated carbocycles. The van der Waals surface area contributed by atoms with E-state index in [1.165, 1.54) is 6.07 Å². The fourth-order valence-corrected chi connectivity index (χ4v) is 1.45. The molecule has 3 nitrogen and oxygen atoms in total. The first kappa shape index (κ1) is 9.52. The molecule has 0 unspecified atom stereocenters. The van der Waals surface area contributed by atoms with Crippen LogP contribution in [-0.4, -0.2) is 10.1 Å². The second-order valence-corrected chi connectivity index (χ2v) is 3.38. The van der Waals surface area contributed by atoms with E-state index in [4.69, 9.17) is 0 Å². The van der Waals surface area contributed by atoms with Gasteiger partial charge >= 0.3 is 0 Å². The van der Waals surface area contributed by atoms with Crippen molar-refractivity contribution in [1.82, 2.24) is 4.98 Å². The van der Waals surface area contributed by atoms with E-state index in [1.807, 2.05) is 30.3 Å². The summed E-state index contributed by atoms with van der Waals surface area (Å²) in [4.78, 5) is 13.4. The lowest BCUT2D eigenvalue weighted by molar-refractivity contribution is 0.466. The average molecular weight is 201 g/mol. The van der Waals surface area contributed by atoms with Crippen LogP contribution in [0.1, 0.15) is 11.1 Å². The van der Waals surface area contributed by atoms with Gasteiger partial charge in [-0.2, -0.15) is 0 Å². The number of hydrogen-bond donors (Lipinski definition) is 2. The summed E-state index contributed by atoms with van der Waals surface area (Å²) in [6.45, 7) is 0. The van der Waals surface area contributed by atoms with Gasteiger partial charge in [-0.15, -0.1) is 0 Å². The maximum absolute atomic E-state index is 10.9. The molecule has 0 aliphatic carbocycles. The second-order valence-electron chi connectivity index (χ2n) is 3.38. The zero-order valence-corrected chi connectivity index (χ0v) is 8.10. The van der Waals surface area contributed by atoms with Crippen LogP contribution in [0.4, 0.5) is 0 Å². The maximum atomic E-state index is 10.9. The van der Waals surface area contributed by atoms with E-state index in [1.54, 1.807) is 6.20 Å². The molecule has 3 heteroatoms. The molecular weight excluding hydrogens is 190 g/mol. The lowest BCUT2D eigenvalue weighted by Crippen LogP contribution is -2.05. The van der Waals surface area contributed by atoms with Crippen LogP contribution in [0.2, 0.25) is 0 Å². The third-order valence-electron chi connectivity index (χ3n) is 2.19. The van der Waals surface area contributed by atoms with Crippen LogP contribution >= 0.6 is 0 Å². The molecule has 0 fully saturated rings. The summed E-state index contributed by atoms with van der Waals surface area (Å²) in [5.74, 6) is -0.233. The fourth-order valence-electron chi connectivity index (χ4n) is 1.45. The topological polar surface area (TPSA) is 53.1 Å². The van der Waals surface area contributed by atoms with Crippen LogP contribution in [-0.2, 0) is 6.42 Å². The minimum absolute atomic E-state index is 0.233. The van der Waals surface area contributed by atoms with Gasteiger partial charge in [0.25, 0.3) is 5.56 Å². The van der Waals surface area contributed by atoms with Crippen molar-refractivity contribution in [2.75, 3.05) is 0 Å². The van der Waals surface area contributed by atoms with Crippen LogP contribution in [0.3, 0.4) is 0 Å². The highest BCUT2D eigenvalue weighted by atomic mass is 16.3. The maximum Gasteiger partial charge on any atom is 0.290 e. The van der Waals surface area contributed by atoms with Crippen LogP contribution in [0, 0.1) is 0 Å². The molecule has 2 rings (SSSR count). The van der Waals surface area contributed by atoms with Crippen LogP contribution < -0.4 is 5.56 Å². The zero-order chi connectivity index (χ0) is 10.7. The largest absolute Gasteiger partial charge is 0.503 e. The Morgan fingerprint density at radius 3 is 2.53 bits per heavy atom. The SMILES string of the molecule is O=c1[nH]cc(Cc2ccccc2)cc1O. The molecule has 0 atom stereocenters. The highest BCUT2D eigenvalue weighted by molar-refractivity contribution is 5.28. The molecule has 0 radical (unpaired) electrons. The molecule has 2 aromatic rings. The van der Waals surface area contributed by atoms with Crippen LogP contribution in [0.5, 0.6) is 5.75 Å². The predicted octanol–water partition coefficient (Wildman–Crippen LogP) is 1.67. The standard InChI is InChI=1S/C12H11NO2/c14-11-7-10(8-13-12(11)15)6-9-4-2-1-3-5-9/h1-5,7-8,14H,6H2,(H,13,15). The summed E-state index contributed by atoms with van der Waals surface area (Å²) >= 11 is 0. The van der Waals surface area contributed by atoms with Gasteiger partial charge in [-0.1, -0.05) is 30.3 Å². The number of nitrogens with one attached hydrogen (secondary N) is 1. The summed E-state index contributed by atoms with van der Waals surface area (Å²) in [7, 11) is 0. The van der Waals surface area contributed by atoms with E-state index in [2.05, 4.69) is 4.98 Å². The number of benzene rings is 1. The average Bonchev–Trinajstić information content (AvgIpc) is 2.25. The number of aromatic amines is 1. The van der Waals surface area contributed by atoms with E-state index in [0.29, 0.717) is 6.42 Å². The fraction of sp³-hybridized carbons (Fsp3) is 0.0833. The van der Waals surface area contributed by atoms with E-state index in [9.17, 15) is 9.90 Å². The van der Waals surface area contributed by atoms with Crippen molar-refractivity contribution >= 4 is 0 Å². The Hall–Kier alpha value is -2.03. The highest BCUT2D eigenvalue weighted by Gasteiger charge is 2.00. The molecule has 2 N–H and O–H groups in total. The van der Waals surface area contributed by atoms with Crippen LogP contribution in [0.15, 0.2) is 47.4 Å². The van der Waals surface area contributed by atoms with Crippen LogP contribution in [0.25, 0.3) is 0 Å². The molecule has 15 heavy (non-hydrogen) atoms. The second kappa shape index (κ2) is 4.00. The molecule has 0 aliphatic rings. The van der Waals surface area contributed by atoms with E-state index in [0.717, 1.165) is 11.1 Å². The van der Waals surface area contributed by atoms with E-state index >= 15 is 0 Å². The molecule has 0 spiro atoms. The Morgan fingerprint density at radius 1 is 1.13 bits per heavy atom. The quantitative estimate of drug-likeness (QED) is 0.776. The van der Waals surface area contributed by atoms with Gasteiger partial charge in [-0.05, 0) is 23.6 Å². The van der Waals surface area contributed by atoms with Gasteiger partial charge in [-0.25, -0.2) is 0 Å². The third-order valence-corrected chi connectivity index (χ3v) is 2.19. The smallest absolute Gasteiger partial charge is 0.290 e. The van der Waals surface area contributed by atoms with E-state index in [-0.39, 0.29) is 5.75 Å². The van der Waals surface area contributed by atoms with Gasteiger partial charge < -0.3 is 10.1 Å². The Bertz CT molecular complexity index is 503. The van der Waals surface area contributed by atoms with Crippen molar-refractivity contribution in [3.63, 3.8) is 0 Å². The molecule has 76 valence electrons. The number of rotatable bonds is 2. The van der Waals surface area contributed by atoms with Crippen molar-refractivity contribution in [1.29, 1.82) is 0 Å². The molecule has 1 heterocycles. The Balaban J connectivity index is 2.26. The highest BCUT2D eigenvalue weighted by Crippen LogP contribution is 2.10. The van der Waals surface area contributed by atoms with Gasteiger partial charge in [-0.3, -0.25) is 4.79 Å². The Morgan fingerprint density at radius 2 is 1.87 bits per heavy atom. The first-order valence-corrected chi connectivity index (χ1v) is 4.70. The predicted molar refractivity (Wildman–Crippen MR) is 58.0 cm³/mol. The zero-order valence-electron chi connectivity index (χ0n) is 8.10. The molecule has 1 aromatic carbocycles. The molecular formula is C12H11NO2.